The molecule has 29 heavy (non-hydrogen) atoms. The summed E-state index contributed by atoms with van der Waals surface area (Å²) in [4.78, 5) is 19.9. The number of hydrogen-bond donors (Lipinski definition) is 2. The molecule has 0 unspecified atom stereocenters. The van der Waals surface area contributed by atoms with Crippen molar-refractivity contribution in [2.24, 2.45) is 0 Å². The molecule has 2 heterocycles. The summed E-state index contributed by atoms with van der Waals surface area (Å²) < 4.78 is 11.0. The van der Waals surface area contributed by atoms with Crippen LogP contribution in [0.3, 0.4) is 0 Å². The molecule has 1 atom stereocenters. The number of nitrogens with zero attached hydrogens (tertiary/aromatic N) is 2. The number of fused-ring (bicyclic) bond motifs is 2. The third-order valence-electron chi connectivity index (χ3n) is 4.69. The van der Waals surface area contributed by atoms with Gasteiger partial charge in [-0.1, -0.05) is 30.3 Å². The Labute approximate surface area is 165 Å². The van der Waals surface area contributed by atoms with Gasteiger partial charge in [-0.2, -0.15) is 5.26 Å². The molecular formula is C22H17N3O4. The fraction of sp³-hybridized carbons (Fsp3) is 0.136. The van der Waals surface area contributed by atoms with Crippen LogP contribution in [0.4, 0.5) is 0 Å². The lowest BCUT2D eigenvalue weighted by molar-refractivity contribution is 0.0300. The van der Waals surface area contributed by atoms with Crippen LogP contribution in [0.25, 0.3) is 27.6 Å². The van der Waals surface area contributed by atoms with Crippen molar-refractivity contribution >= 4 is 33.5 Å². The lowest BCUT2D eigenvalue weighted by Crippen LogP contribution is -2.18. The quantitative estimate of drug-likeness (QED) is 0.299. The zero-order chi connectivity index (χ0) is 20.5. The number of hydrogen-bond acceptors (Lipinski definition) is 6. The van der Waals surface area contributed by atoms with E-state index in [4.69, 9.17) is 9.15 Å². The Hall–Kier alpha value is -4.05. The highest BCUT2D eigenvalue weighted by Crippen LogP contribution is 2.27. The lowest BCUT2D eigenvalue weighted by atomic mass is 10.1. The maximum atomic E-state index is 12.6. The largest absolute Gasteiger partial charge is 0.507 e. The molecule has 2 aromatic carbocycles. The molecule has 7 heteroatoms. The van der Waals surface area contributed by atoms with Gasteiger partial charge in [0.2, 0.25) is 5.76 Å². The number of benzene rings is 2. The highest BCUT2D eigenvalue weighted by Gasteiger charge is 2.25. The molecule has 0 radical (unpaired) electrons. The molecule has 0 bridgehead atoms. The van der Waals surface area contributed by atoms with Crippen molar-refractivity contribution in [2.45, 2.75) is 20.0 Å². The summed E-state index contributed by atoms with van der Waals surface area (Å²) in [6, 6.07) is 16.4. The number of aliphatic hydroxyl groups excluding tert-OH is 1. The molecule has 0 saturated heterocycles. The first-order valence-corrected chi connectivity index (χ1v) is 8.97. The summed E-state index contributed by atoms with van der Waals surface area (Å²) in [5.41, 5.74) is 2.52. The number of para-hydroxylation sites is 3. The number of aromatic nitrogens is 2. The van der Waals surface area contributed by atoms with Gasteiger partial charge in [0.15, 0.2) is 17.7 Å². The number of carbonyl (C=O) groups excluding carboxylic acids is 1. The van der Waals surface area contributed by atoms with Crippen LogP contribution in [0, 0.1) is 18.3 Å². The summed E-state index contributed by atoms with van der Waals surface area (Å²) >= 11 is 0. The number of aliphatic hydroxyl groups is 1. The Morgan fingerprint density at radius 1 is 1.24 bits per heavy atom. The zero-order valence-electron chi connectivity index (χ0n) is 15.8. The number of allylic oxidation sites excluding steroid dienone is 1. The second kappa shape index (κ2) is 7.17. The minimum Gasteiger partial charge on any atom is -0.507 e. The van der Waals surface area contributed by atoms with Gasteiger partial charge in [-0.25, -0.2) is 9.78 Å². The lowest BCUT2D eigenvalue weighted by Gasteiger charge is -2.13. The van der Waals surface area contributed by atoms with Crippen LogP contribution in [0.2, 0.25) is 0 Å². The first kappa shape index (κ1) is 18.3. The van der Waals surface area contributed by atoms with E-state index in [1.807, 2.05) is 42.5 Å². The molecular weight excluding hydrogens is 370 g/mol. The fourth-order valence-electron chi connectivity index (χ4n) is 3.14. The Bertz CT molecular complexity index is 1270. The van der Waals surface area contributed by atoms with Gasteiger partial charge in [0, 0.05) is 10.9 Å². The second-order valence-corrected chi connectivity index (χ2v) is 6.57. The van der Waals surface area contributed by atoms with Crippen LogP contribution in [0.15, 0.2) is 58.7 Å². The van der Waals surface area contributed by atoms with Crippen molar-refractivity contribution in [1.82, 2.24) is 9.97 Å². The number of aryl methyl sites for hydroxylation is 1. The van der Waals surface area contributed by atoms with Crippen molar-refractivity contribution in [3.63, 3.8) is 0 Å². The maximum Gasteiger partial charge on any atom is 0.375 e. The molecule has 0 saturated carbocycles. The number of esters is 1. The monoisotopic (exact) mass is 387 g/mol. The molecule has 0 aliphatic rings. The maximum absolute atomic E-state index is 12.6. The molecule has 0 aliphatic carbocycles. The van der Waals surface area contributed by atoms with Crippen LogP contribution in [-0.4, -0.2) is 27.1 Å². The van der Waals surface area contributed by atoms with Crippen molar-refractivity contribution < 1.29 is 19.1 Å². The van der Waals surface area contributed by atoms with E-state index in [1.165, 1.54) is 6.92 Å². The van der Waals surface area contributed by atoms with Gasteiger partial charge < -0.3 is 19.2 Å². The van der Waals surface area contributed by atoms with Crippen molar-refractivity contribution in [3.8, 4) is 6.07 Å². The number of aromatic amines is 1. The van der Waals surface area contributed by atoms with Crippen molar-refractivity contribution in [3.05, 3.63) is 71.4 Å². The Morgan fingerprint density at radius 3 is 2.69 bits per heavy atom. The number of rotatable bonds is 4. The minimum atomic E-state index is -1.07. The highest BCUT2D eigenvalue weighted by atomic mass is 16.6. The van der Waals surface area contributed by atoms with E-state index >= 15 is 0 Å². The van der Waals surface area contributed by atoms with E-state index in [-0.39, 0.29) is 17.2 Å². The van der Waals surface area contributed by atoms with Crippen molar-refractivity contribution in [1.29, 1.82) is 5.26 Å². The van der Waals surface area contributed by atoms with E-state index in [0.29, 0.717) is 16.7 Å². The summed E-state index contributed by atoms with van der Waals surface area (Å²) in [5.74, 6) is -0.851. The van der Waals surface area contributed by atoms with Crippen LogP contribution in [-0.2, 0) is 4.74 Å². The van der Waals surface area contributed by atoms with E-state index in [2.05, 4.69) is 9.97 Å². The molecule has 0 amide bonds. The van der Waals surface area contributed by atoms with Crippen LogP contribution in [0.5, 0.6) is 0 Å². The second-order valence-electron chi connectivity index (χ2n) is 6.57. The summed E-state index contributed by atoms with van der Waals surface area (Å²) in [6.07, 6.45) is -1.07. The summed E-state index contributed by atoms with van der Waals surface area (Å²) in [5, 5.41) is 20.9. The first-order chi connectivity index (χ1) is 14.0. The highest BCUT2D eigenvalue weighted by molar-refractivity contribution is 5.96. The molecule has 2 aromatic heterocycles. The van der Waals surface area contributed by atoms with Gasteiger partial charge in [0.05, 0.1) is 11.0 Å². The molecule has 4 aromatic rings. The molecule has 0 fully saturated rings. The number of imidazole rings is 1. The SMILES string of the molecule is Cc1c(C(=O)O[C@@H](C)/C(O)=C(\C#N)c2nc3ccccc3[nH]2)oc2ccccc12. The van der Waals surface area contributed by atoms with Crippen molar-refractivity contribution in [2.75, 3.05) is 0 Å². The number of furan rings is 1. The van der Waals surface area contributed by atoms with Crippen LogP contribution < -0.4 is 0 Å². The number of H-pyrrole nitrogens is 1. The minimum absolute atomic E-state index is 0.0631. The van der Waals surface area contributed by atoms with Crippen LogP contribution in [0.1, 0.15) is 28.9 Å². The Balaban J connectivity index is 1.63. The Morgan fingerprint density at radius 2 is 1.97 bits per heavy atom. The number of carbonyl (C=O) groups is 1. The van der Waals surface area contributed by atoms with E-state index in [1.54, 1.807) is 19.1 Å². The van der Waals surface area contributed by atoms with Gasteiger partial charge in [0.25, 0.3) is 0 Å². The zero-order valence-corrected chi connectivity index (χ0v) is 15.8. The number of nitrogens with one attached hydrogen (secondary N) is 1. The third kappa shape index (κ3) is 3.21. The predicted molar refractivity (Wildman–Crippen MR) is 107 cm³/mol. The summed E-state index contributed by atoms with van der Waals surface area (Å²) in [7, 11) is 0. The van der Waals surface area contributed by atoms with Gasteiger partial charge in [-0.3, -0.25) is 0 Å². The number of ether oxygens (including phenoxy) is 1. The van der Waals surface area contributed by atoms with Gasteiger partial charge >= 0.3 is 5.97 Å². The average molecular weight is 387 g/mol. The van der Waals surface area contributed by atoms with E-state index in [9.17, 15) is 15.2 Å². The molecule has 144 valence electrons. The van der Waals surface area contributed by atoms with Crippen LogP contribution >= 0.6 is 0 Å². The summed E-state index contributed by atoms with van der Waals surface area (Å²) in [6.45, 7) is 3.24. The van der Waals surface area contributed by atoms with Gasteiger partial charge in [-0.15, -0.1) is 0 Å². The van der Waals surface area contributed by atoms with Gasteiger partial charge in [-0.05, 0) is 32.0 Å². The molecule has 2 N–H and O–H groups in total. The molecule has 0 aliphatic heterocycles. The third-order valence-corrected chi connectivity index (χ3v) is 4.69. The smallest absolute Gasteiger partial charge is 0.375 e. The first-order valence-electron chi connectivity index (χ1n) is 8.97. The molecule has 7 nitrogen and oxygen atoms in total. The molecule has 4 rings (SSSR count). The number of nitriles is 1. The van der Waals surface area contributed by atoms with E-state index in [0.717, 1.165) is 10.9 Å². The Kier molecular flexibility index (Phi) is 4.53. The molecule has 0 spiro atoms. The standard InChI is InChI=1S/C22H17N3O4/c1-12-14-7-3-6-10-18(14)29-20(12)22(27)28-13(2)19(26)15(11-23)21-24-16-8-4-5-9-17(16)25-21/h3-10,13,26H,1-2H3,(H,24,25)/b19-15-/t13-/m0/s1. The fourth-order valence-corrected chi connectivity index (χ4v) is 3.14. The predicted octanol–water partition coefficient (Wildman–Crippen LogP) is 4.66. The van der Waals surface area contributed by atoms with Gasteiger partial charge in [0.1, 0.15) is 17.2 Å². The average Bonchev–Trinajstić information content (AvgIpc) is 3.30. The van der Waals surface area contributed by atoms with E-state index < -0.39 is 17.8 Å². The normalized spacial score (nSPS) is 13.1. The topological polar surface area (TPSA) is 112 Å².